The highest BCUT2D eigenvalue weighted by Crippen LogP contribution is 2.30. The van der Waals surface area contributed by atoms with Crippen molar-refractivity contribution in [3.05, 3.63) is 80.8 Å². The summed E-state index contributed by atoms with van der Waals surface area (Å²) >= 11 is 3.05. The summed E-state index contributed by atoms with van der Waals surface area (Å²) in [6.07, 6.45) is 1.31. The first-order valence-electron chi connectivity index (χ1n) is 8.16. The van der Waals surface area contributed by atoms with E-state index in [0.717, 1.165) is 11.1 Å². The topological polar surface area (TPSA) is 105 Å². The van der Waals surface area contributed by atoms with Crippen molar-refractivity contribution in [2.24, 2.45) is 4.99 Å². The van der Waals surface area contributed by atoms with Crippen LogP contribution in [0.1, 0.15) is 5.56 Å². The second kappa shape index (κ2) is 7.24. The lowest BCUT2D eigenvalue weighted by Crippen LogP contribution is -1.99. The molecule has 0 saturated carbocycles. The number of para-hydroxylation sites is 2. The second-order valence-corrected chi connectivity index (χ2v) is 6.75. The molecule has 0 N–H and O–H groups in total. The van der Waals surface area contributed by atoms with Gasteiger partial charge in [0.2, 0.25) is 5.89 Å². The van der Waals surface area contributed by atoms with E-state index in [1.807, 2.05) is 24.3 Å². The van der Waals surface area contributed by atoms with Gasteiger partial charge in [-0.25, -0.2) is 4.98 Å². The zero-order valence-electron chi connectivity index (χ0n) is 14.2. The van der Waals surface area contributed by atoms with Gasteiger partial charge in [-0.1, -0.05) is 33.8 Å². The van der Waals surface area contributed by atoms with Crippen molar-refractivity contribution >= 4 is 44.6 Å². The molecule has 0 spiro atoms. The SMILES string of the molecule is O=[N+]([O-])c1cc(Br)c([O-])c(C=Nc2ccc(-c3nc4ccccc4o3)cc2)c1. The molecule has 0 atom stereocenters. The lowest BCUT2D eigenvalue weighted by Gasteiger charge is -2.12. The monoisotopic (exact) mass is 436 g/mol. The number of aromatic nitrogens is 1. The molecule has 0 amide bonds. The highest BCUT2D eigenvalue weighted by Gasteiger charge is 2.10. The summed E-state index contributed by atoms with van der Waals surface area (Å²) in [6.45, 7) is 0. The van der Waals surface area contributed by atoms with Gasteiger partial charge < -0.3 is 9.52 Å². The second-order valence-electron chi connectivity index (χ2n) is 5.89. The zero-order valence-corrected chi connectivity index (χ0v) is 15.8. The summed E-state index contributed by atoms with van der Waals surface area (Å²) in [4.78, 5) is 19.1. The summed E-state index contributed by atoms with van der Waals surface area (Å²) in [5.41, 5.74) is 2.81. The number of oxazole rings is 1. The molecule has 0 fully saturated rings. The summed E-state index contributed by atoms with van der Waals surface area (Å²) in [6, 6.07) is 17.0. The average molecular weight is 437 g/mol. The van der Waals surface area contributed by atoms with Crippen LogP contribution in [-0.4, -0.2) is 16.1 Å². The maximum Gasteiger partial charge on any atom is 0.271 e. The van der Waals surface area contributed by atoms with Crippen molar-refractivity contribution in [3.8, 4) is 17.2 Å². The number of benzene rings is 3. The van der Waals surface area contributed by atoms with Crippen LogP contribution < -0.4 is 5.11 Å². The van der Waals surface area contributed by atoms with E-state index in [0.29, 0.717) is 17.2 Å². The third kappa shape index (κ3) is 3.49. The largest absolute Gasteiger partial charge is 0.871 e. The van der Waals surface area contributed by atoms with Gasteiger partial charge in [0.1, 0.15) is 5.52 Å². The number of fused-ring (bicyclic) bond motifs is 1. The summed E-state index contributed by atoms with van der Waals surface area (Å²) in [5, 5.41) is 23.1. The van der Waals surface area contributed by atoms with Crippen molar-refractivity contribution in [1.82, 2.24) is 4.98 Å². The fourth-order valence-corrected chi connectivity index (χ4v) is 3.09. The molecule has 7 nitrogen and oxygen atoms in total. The third-order valence-corrected chi connectivity index (χ3v) is 4.62. The van der Waals surface area contributed by atoms with Crippen molar-refractivity contribution in [2.75, 3.05) is 0 Å². The minimum atomic E-state index is -0.559. The van der Waals surface area contributed by atoms with Crippen molar-refractivity contribution < 1.29 is 14.4 Å². The first kappa shape index (κ1) is 17.9. The summed E-state index contributed by atoms with van der Waals surface area (Å²) in [7, 11) is 0. The molecule has 8 heteroatoms. The Hall–Kier alpha value is -3.52. The zero-order chi connectivity index (χ0) is 19.7. The molecule has 0 aliphatic rings. The van der Waals surface area contributed by atoms with Gasteiger partial charge in [0, 0.05) is 28.4 Å². The number of nitrogens with zero attached hydrogens (tertiary/aromatic N) is 3. The van der Waals surface area contributed by atoms with E-state index >= 15 is 0 Å². The Morgan fingerprint density at radius 1 is 1.11 bits per heavy atom. The molecule has 0 aliphatic carbocycles. The van der Waals surface area contributed by atoms with Crippen LogP contribution in [0.5, 0.6) is 5.75 Å². The van der Waals surface area contributed by atoms with Gasteiger partial charge in [-0.15, -0.1) is 0 Å². The molecule has 138 valence electrons. The predicted octanol–water partition coefficient (Wildman–Crippen LogP) is 4.99. The summed E-state index contributed by atoms with van der Waals surface area (Å²) < 4.78 is 5.85. The standard InChI is InChI=1S/C20H12BrN3O4/c21-16-10-15(24(26)27)9-13(19(16)25)11-22-14-7-5-12(6-8-14)20-23-17-3-1-2-4-18(17)28-20/h1-11,25H/p-1. The molecule has 0 radical (unpaired) electrons. The van der Waals surface area contributed by atoms with Gasteiger partial charge in [-0.3, -0.25) is 15.1 Å². The van der Waals surface area contributed by atoms with E-state index in [9.17, 15) is 15.2 Å². The first-order valence-corrected chi connectivity index (χ1v) is 8.95. The number of non-ortho nitro benzene ring substituents is 1. The highest BCUT2D eigenvalue weighted by molar-refractivity contribution is 9.10. The van der Waals surface area contributed by atoms with Crippen LogP contribution in [0.25, 0.3) is 22.6 Å². The summed E-state index contributed by atoms with van der Waals surface area (Å²) in [5.74, 6) is 0.138. The van der Waals surface area contributed by atoms with Gasteiger partial charge in [-0.05, 0) is 42.0 Å². The molecule has 4 rings (SSSR count). The van der Waals surface area contributed by atoms with E-state index in [1.54, 1.807) is 24.3 Å². The van der Waals surface area contributed by atoms with E-state index < -0.39 is 4.92 Å². The van der Waals surface area contributed by atoms with Crippen molar-refractivity contribution in [1.29, 1.82) is 0 Å². The molecule has 0 bridgehead atoms. The average Bonchev–Trinajstić information content (AvgIpc) is 3.13. The minimum Gasteiger partial charge on any atom is -0.871 e. The van der Waals surface area contributed by atoms with Gasteiger partial charge in [-0.2, -0.15) is 0 Å². The normalized spacial score (nSPS) is 11.3. The van der Waals surface area contributed by atoms with Gasteiger partial charge in [0.25, 0.3) is 5.69 Å². The van der Waals surface area contributed by atoms with E-state index in [2.05, 4.69) is 25.9 Å². The molecule has 3 aromatic carbocycles. The van der Waals surface area contributed by atoms with Crippen LogP contribution in [0.4, 0.5) is 11.4 Å². The Bertz CT molecular complexity index is 1180. The number of nitro benzene ring substituents is 1. The third-order valence-electron chi connectivity index (χ3n) is 4.03. The van der Waals surface area contributed by atoms with Crippen molar-refractivity contribution in [3.63, 3.8) is 0 Å². The highest BCUT2D eigenvalue weighted by atomic mass is 79.9. The molecular weight excluding hydrogens is 426 g/mol. The Kier molecular flexibility index (Phi) is 4.62. The van der Waals surface area contributed by atoms with Crippen LogP contribution in [0.3, 0.4) is 0 Å². The lowest BCUT2D eigenvalue weighted by molar-refractivity contribution is -0.385. The molecule has 1 heterocycles. The first-order chi connectivity index (χ1) is 13.5. The van der Waals surface area contributed by atoms with E-state index in [4.69, 9.17) is 4.42 Å². The lowest BCUT2D eigenvalue weighted by atomic mass is 10.2. The van der Waals surface area contributed by atoms with Crippen LogP contribution in [0.15, 0.2) is 74.5 Å². The van der Waals surface area contributed by atoms with Gasteiger partial charge in [0.05, 0.1) is 10.6 Å². The smallest absolute Gasteiger partial charge is 0.271 e. The van der Waals surface area contributed by atoms with Crippen LogP contribution >= 0.6 is 15.9 Å². The molecule has 0 aliphatic heterocycles. The fourth-order valence-electron chi connectivity index (χ4n) is 2.63. The number of hydrogen-bond acceptors (Lipinski definition) is 6. The van der Waals surface area contributed by atoms with Crippen LogP contribution in [0.2, 0.25) is 0 Å². The maximum absolute atomic E-state index is 12.1. The fraction of sp³-hybridized carbons (Fsp3) is 0. The van der Waals surface area contributed by atoms with E-state index in [-0.39, 0.29) is 21.5 Å². The molecular formula is C20H11BrN3O4-. The molecule has 0 saturated heterocycles. The molecule has 4 aromatic rings. The Balaban J connectivity index is 1.60. The van der Waals surface area contributed by atoms with Crippen LogP contribution in [0, 0.1) is 10.1 Å². The Morgan fingerprint density at radius 3 is 2.57 bits per heavy atom. The minimum absolute atomic E-state index is 0.120. The Morgan fingerprint density at radius 2 is 1.86 bits per heavy atom. The molecule has 1 aromatic heterocycles. The molecule has 0 unspecified atom stereocenters. The maximum atomic E-state index is 12.1. The predicted molar refractivity (Wildman–Crippen MR) is 107 cm³/mol. The number of rotatable bonds is 4. The van der Waals surface area contributed by atoms with Gasteiger partial charge >= 0.3 is 0 Å². The van der Waals surface area contributed by atoms with Gasteiger partial charge in [0.15, 0.2) is 5.58 Å². The van der Waals surface area contributed by atoms with E-state index in [1.165, 1.54) is 18.3 Å². The number of hydrogen-bond donors (Lipinski definition) is 0. The Labute approximate surface area is 167 Å². The van der Waals surface area contributed by atoms with Crippen molar-refractivity contribution in [2.45, 2.75) is 0 Å². The number of halogens is 1. The van der Waals surface area contributed by atoms with Crippen LogP contribution in [-0.2, 0) is 0 Å². The number of nitro groups is 1. The number of aliphatic imine (C=N–C) groups is 1. The molecule has 28 heavy (non-hydrogen) atoms. The quantitative estimate of drug-likeness (QED) is 0.254.